The van der Waals surface area contributed by atoms with Crippen LogP contribution in [0.25, 0.3) is 16.6 Å². The molecule has 0 aliphatic carbocycles. The Hall–Kier alpha value is -4.45. The summed E-state index contributed by atoms with van der Waals surface area (Å²) in [4.78, 5) is 33.0. The van der Waals surface area contributed by atoms with Gasteiger partial charge in [0.25, 0.3) is 0 Å². The Morgan fingerprint density at radius 2 is 1.63 bits per heavy atom. The topological polar surface area (TPSA) is 127 Å². The second-order valence-electron chi connectivity index (χ2n) is 9.56. The van der Waals surface area contributed by atoms with Crippen LogP contribution < -0.4 is 9.80 Å². The summed E-state index contributed by atoms with van der Waals surface area (Å²) in [5.41, 5.74) is 5.31. The van der Waals surface area contributed by atoms with Crippen molar-refractivity contribution in [1.29, 1.82) is 0 Å². The summed E-state index contributed by atoms with van der Waals surface area (Å²) in [6.45, 7) is 7.49. The van der Waals surface area contributed by atoms with Crippen LogP contribution in [0.5, 0.6) is 0 Å². The van der Waals surface area contributed by atoms with Crippen LogP contribution in [0.15, 0.2) is 43.0 Å². The Kier molecular flexibility index (Phi) is 5.46. The van der Waals surface area contributed by atoms with E-state index in [1.54, 1.807) is 17.2 Å². The molecule has 4 aromatic heterocycles. The summed E-state index contributed by atoms with van der Waals surface area (Å²) in [5.74, 6) is 2.77. The Morgan fingerprint density at radius 3 is 2.37 bits per heavy atom. The molecule has 0 spiro atoms. The van der Waals surface area contributed by atoms with Gasteiger partial charge in [-0.1, -0.05) is 0 Å². The van der Waals surface area contributed by atoms with E-state index < -0.39 is 0 Å². The number of nitrogens with zero attached hydrogens (tertiary/aromatic N) is 10. The highest BCUT2D eigenvalue weighted by Crippen LogP contribution is 2.40. The molecule has 1 unspecified atom stereocenters. The van der Waals surface area contributed by atoms with Crippen LogP contribution in [-0.2, 0) is 11.2 Å². The largest absolute Gasteiger partial charge is 0.378 e. The summed E-state index contributed by atoms with van der Waals surface area (Å²) in [6, 6.07) is 6.07. The minimum atomic E-state index is -0.183. The lowest BCUT2D eigenvalue weighted by Gasteiger charge is -2.36. The smallest absolute Gasteiger partial charge is 0.229 e. The quantitative estimate of drug-likeness (QED) is 0.386. The minimum absolute atomic E-state index is 0.183. The van der Waals surface area contributed by atoms with Gasteiger partial charge in [-0.2, -0.15) is 25.0 Å². The lowest BCUT2D eigenvalue weighted by molar-refractivity contribution is 0.122. The summed E-state index contributed by atoms with van der Waals surface area (Å²) in [5, 5.41) is 9.77. The maximum absolute atomic E-state index is 5.49. The molecule has 1 fully saturated rings. The number of rotatable bonds is 4. The highest BCUT2D eigenvalue weighted by atomic mass is 16.5. The average molecular weight is 510 g/mol. The number of ether oxygens (including phenoxy) is 1. The molecular formula is C26H27N11O. The first-order chi connectivity index (χ1) is 18.6. The summed E-state index contributed by atoms with van der Waals surface area (Å²) >= 11 is 0. The zero-order chi connectivity index (χ0) is 25.6. The molecule has 5 aromatic rings. The number of benzene rings is 1. The van der Waals surface area contributed by atoms with E-state index in [0.29, 0.717) is 30.8 Å². The van der Waals surface area contributed by atoms with E-state index in [0.717, 1.165) is 59.9 Å². The molecule has 0 saturated carbocycles. The van der Waals surface area contributed by atoms with E-state index in [1.807, 2.05) is 32.3 Å². The molecule has 12 heteroatoms. The van der Waals surface area contributed by atoms with Gasteiger partial charge < -0.3 is 19.5 Å². The highest BCUT2D eigenvalue weighted by molar-refractivity contribution is 5.87. The third kappa shape index (κ3) is 3.93. The van der Waals surface area contributed by atoms with Gasteiger partial charge in [-0.25, -0.2) is 15.0 Å². The first-order valence-electron chi connectivity index (χ1n) is 12.8. The van der Waals surface area contributed by atoms with Gasteiger partial charge in [0.15, 0.2) is 0 Å². The van der Waals surface area contributed by atoms with Gasteiger partial charge in [-0.3, -0.25) is 0 Å². The predicted octanol–water partition coefficient (Wildman–Crippen LogP) is 2.33. The van der Waals surface area contributed by atoms with E-state index in [1.165, 1.54) is 5.56 Å². The number of fused-ring (bicyclic) bond motifs is 3. The maximum atomic E-state index is 5.49. The van der Waals surface area contributed by atoms with Crippen molar-refractivity contribution in [2.45, 2.75) is 26.3 Å². The second kappa shape index (κ2) is 9.14. The van der Waals surface area contributed by atoms with Gasteiger partial charge in [0.1, 0.15) is 17.7 Å². The van der Waals surface area contributed by atoms with Crippen molar-refractivity contribution in [3.63, 3.8) is 0 Å². The highest BCUT2D eigenvalue weighted by Gasteiger charge is 2.34. The lowest BCUT2D eigenvalue weighted by Crippen LogP contribution is -2.39. The summed E-state index contributed by atoms with van der Waals surface area (Å²) in [7, 11) is 0. The average Bonchev–Trinajstić information content (AvgIpc) is 3.61. The number of nitrogens with one attached hydrogen (secondary N) is 1. The lowest BCUT2D eigenvalue weighted by atomic mass is 9.94. The van der Waals surface area contributed by atoms with Gasteiger partial charge >= 0.3 is 0 Å². The Balaban J connectivity index is 1.34. The first-order valence-corrected chi connectivity index (χ1v) is 12.8. The van der Waals surface area contributed by atoms with Crippen LogP contribution in [0.2, 0.25) is 0 Å². The van der Waals surface area contributed by atoms with Crippen LogP contribution in [-0.4, -0.2) is 77.7 Å². The van der Waals surface area contributed by atoms with E-state index in [9.17, 15) is 0 Å². The molecule has 2 aliphatic heterocycles. The number of morpholine rings is 1. The molecule has 1 N–H and O–H groups in total. The van der Waals surface area contributed by atoms with Crippen molar-refractivity contribution in [3.05, 3.63) is 71.5 Å². The number of anilines is 2. The van der Waals surface area contributed by atoms with Gasteiger partial charge in [0.2, 0.25) is 11.9 Å². The van der Waals surface area contributed by atoms with E-state index in [-0.39, 0.29) is 6.04 Å². The fourth-order valence-corrected chi connectivity index (χ4v) is 5.44. The second-order valence-corrected chi connectivity index (χ2v) is 9.56. The van der Waals surface area contributed by atoms with E-state index >= 15 is 0 Å². The molecule has 0 radical (unpaired) electrons. The summed E-state index contributed by atoms with van der Waals surface area (Å²) < 4.78 is 5.49. The SMILES string of the molecule is Cc1nc(C)nc(N2CCc3c([nH]c4ccc(-n5nccn5)cc34)C2c2cnc(N3CCOCC3)nc2)n1. The third-order valence-corrected chi connectivity index (χ3v) is 7.13. The number of hydrogen-bond acceptors (Lipinski definition) is 10. The molecule has 12 nitrogen and oxygen atoms in total. The summed E-state index contributed by atoms with van der Waals surface area (Å²) in [6.07, 6.45) is 8.05. The normalized spacial score (nSPS) is 17.7. The molecular weight excluding hydrogens is 482 g/mol. The van der Waals surface area contributed by atoms with Crippen LogP contribution in [0.3, 0.4) is 0 Å². The van der Waals surface area contributed by atoms with E-state index in [4.69, 9.17) is 24.7 Å². The van der Waals surface area contributed by atoms with Gasteiger partial charge in [-0.05, 0) is 44.0 Å². The maximum Gasteiger partial charge on any atom is 0.229 e. The van der Waals surface area contributed by atoms with E-state index in [2.05, 4.69) is 42.1 Å². The molecule has 1 atom stereocenters. The zero-order valence-electron chi connectivity index (χ0n) is 21.2. The van der Waals surface area contributed by atoms with Crippen molar-refractivity contribution in [2.75, 3.05) is 42.6 Å². The molecule has 0 amide bonds. The van der Waals surface area contributed by atoms with Crippen molar-refractivity contribution < 1.29 is 4.74 Å². The Morgan fingerprint density at radius 1 is 0.895 bits per heavy atom. The van der Waals surface area contributed by atoms with Crippen molar-refractivity contribution in [3.8, 4) is 5.69 Å². The van der Waals surface area contributed by atoms with Crippen molar-refractivity contribution in [1.82, 2.24) is 44.9 Å². The molecule has 6 heterocycles. The molecule has 38 heavy (non-hydrogen) atoms. The molecule has 1 saturated heterocycles. The number of aryl methyl sites for hydroxylation is 2. The Bertz CT molecular complexity index is 1570. The number of hydrogen-bond donors (Lipinski definition) is 1. The minimum Gasteiger partial charge on any atom is -0.378 e. The molecule has 7 rings (SSSR count). The molecule has 2 aliphatic rings. The van der Waals surface area contributed by atoms with Gasteiger partial charge in [0.05, 0.1) is 31.3 Å². The number of H-pyrrole nitrogens is 1. The number of aromatic nitrogens is 9. The van der Waals surface area contributed by atoms with Gasteiger partial charge in [0, 0.05) is 54.2 Å². The fraction of sp³-hybridized carbons (Fsp3) is 0.346. The van der Waals surface area contributed by atoms with Crippen LogP contribution in [0.4, 0.5) is 11.9 Å². The number of aromatic amines is 1. The third-order valence-electron chi connectivity index (χ3n) is 7.13. The zero-order valence-corrected chi connectivity index (χ0v) is 21.2. The fourth-order valence-electron chi connectivity index (χ4n) is 5.44. The van der Waals surface area contributed by atoms with Crippen LogP contribution in [0.1, 0.15) is 34.5 Å². The Labute approximate surface area is 218 Å². The molecule has 0 bridgehead atoms. The van der Waals surface area contributed by atoms with Crippen LogP contribution >= 0.6 is 0 Å². The molecule has 192 valence electrons. The molecule has 1 aromatic carbocycles. The first kappa shape index (κ1) is 22.7. The standard InChI is InChI=1S/C26H27N11O/c1-16-31-17(2)33-26(32-16)36-8-5-20-21-13-19(37-29-6-7-30-37)3-4-22(21)34-23(20)24(36)18-14-27-25(28-15-18)35-9-11-38-12-10-35/h3-4,6-7,13-15,24,34H,5,8-12H2,1-2H3. The monoisotopic (exact) mass is 509 g/mol. The van der Waals surface area contributed by atoms with Crippen molar-refractivity contribution >= 4 is 22.8 Å². The van der Waals surface area contributed by atoms with Crippen LogP contribution in [0, 0.1) is 13.8 Å². The van der Waals surface area contributed by atoms with Crippen molar-refractivity contribution in [2.24, 2.45) is 0 Å². The predicted molar refractivity (Wildman–Crippen MR) is 140 cm³/mol. The van der Waals surface area contributed by atoms with Gasteiger partial charge in [-0.15, -0.1) is 0 Å².